The SMILES string of the molecule is C[C@@H]1CCc2c(sc3ncn([C@@H](C)C(=O)N/N=C\c4ccccc4)c(=O)c23)C1. The Labute approximate surface area is 166 Å². The Bertz CT molecular complexity index is 1100. The largest absolute Gasteiger partial charge is 0.286 e. The summed E-state index contributed by atoms with van der Waals surface area (Å²) >= 11 is 1.61. The Balaban J connectivity index is 1.58. The van der Waals surface area contributed by atoms with Gasteiger partial charge in [0.05, 0.1) is 17.9 Å². The van der Waals surface area contributed by atoms with E-state index in [0.29, 0.717) is 11.3 Å². The molecule has 6 nitrogen and oxygen atoms in total. The van der Waals surface area contributed by atoms with Crippen LogP contribution in [0.25, 0.3) is 10.2 Å². The first-order valence-corrected chi connectivity index (χ1v) is 10.3. The molecule has 4 rings (SSSR count). The summed E-state index contributed by atoms with van der Waals surface area (Å²) in [7, 11) is 0. The number of benzene rings is 1. The van der Waals surface area contributed by atoms with Gasteiger partial charge in [-0.3, -0.25) is 14.2 Å². The summed E-state index contributed by atoms with van der Waals surface area (Å²) in [5, 5.41) is 4.67. The molecule has 2 atom stereocenters. The fourth-order valence-electron chi connectivity index (χ4n) is 3.55. The van der Waals surface area contributed by atoms with Gasteiger partial charge >= 0.3 is 0 Å². The predicted octanol–water partition coefficient (Wildman–Crippen LogP) is 3.29. The average molecular weight is 395 g/mol. The van der Waals surface area contributed by atoms with E-state index in [9.17, 15) is 9.59 Å². The third-order valence-electron chi connectivity index (χ3n) is 5.23. The van der Waals surface area contributed by atoms with Crippen LogP contribution in [0.2, 0.25) is 0 Å². The van der Waals surface area contributed by atoms with Crippen molar-refractivity contribution in [2.45, 2.75) is 39.2 Å². The minimum Gasteiger partial charge on any atom is -0.286 e. The van der Waals surface area contributed by atoms with Gasteiger partial charge in [-0.05, 0) is 43.2 Å². The second-order valence-electron chi connectivity index (χ2n) is 7.31. The number of nitrogens with zero attached hydrogens (tertiary/aromatic N) is 3. The maximum absolute atomic E-state index is 13.1. The Morgan fingerprint density at radius 2 is 2.18 bits per heavy atom. The average Bonchev–Trinajstić information content (AvgIpc) is 3.06. The first kappa shape index (κ1) is 18.6. The number of amides is 1. The monoisotopic (exact) mass is 394 g/mol. The zero-order valence-electron chi connectivity index (χ0n) is 15.9. The van der Waals surface area contributed by atoms with Gasteiger partial charge < -0.3 is 0 Å². The van der Waals surface area contributed by atoms with Crippen molar-refractivity contribution in [2.24, 2.45) is 11.0 Å². The highest BCUT2D eigenvalue weighted by atomic mass is 32.1. The number of fused-ring (bicyclic) bond motifs is 3. The van der Waals surface area contributed by atoms with Gasteiger partial charge in [-0.25, -0.2) is 10.4 Å². The maximum Gasteiger partial charge on any atom is 0.263 e. The molecule has 1 aliphatic carbocycles. The van der Waals surface area contributed by atoms with Crippen LogP contribution in [0.5, 0.6) is 0 Å². The Hall–Kier alpha value is -2.80. The molecule has 1 aromatic carbocycles. The fourth-order valence-corrected chi connectivity index (χ4v) is 4.89. The topological polar surface area (TPSA) is 76.3 Å². The summed E-state index contributed by atoms with van der Waals surface area (Å²) in [5.41, 5.74) is 4.37. The summed E-state index contributed by atoms with van der Waals surface area (Å²) < 4.78 is 1.40. The summed E-state index contributed by atoms with van der Waals surface area (Å²) in [6, 6.07) is 8.79. The van der Waals surface area contributed by atoms with Crippen LogP contribution in [0.4, 0.5) is 0 Å². The number of nitrogens with one attached hydrogen (secondary N) is 1. The highest BCUT2D eigenvalue weighted by Gasteiger charge is 2.25. The molecule has 0 unspecified atom stereocenters. The molecule has 0 bridgehead atoms. The minimum absolute atomic E-state index is 0.147. The number of hydrogen-bond acceptors (Lipinski definition) is 5. The summed E-state index contributed by atoms with van der Waals surface area (Å²) in [6.07, 6.45) is 6.03. The van der Waals surface area contributed by atoms with Crippen molar-refractivity contribution in [1.29, 1.82) is 0 Å². The van der Waals surface area contributed by atoms with Crippen molar-refractivity contribution in [2.75, 3.05) is 0 Å². The molecule has 7 heteroatoms. The van der Waals surface area contributed by atoms with Crippen molar-refractivity contribution in [3.8, 4) is 0 Å². The number of hydrogen-bond donors (Lipinski definition) is 1. The van der Waals surface area contributed by atoms with E-state index < -0.39 is 6.04 Å². The molecule has 3 aromatic rings. The highest BCUT2D eigenvalue weighted by molar-refractivity contribution is 7.18. The quantitative estimate of drug-likeness (QED) is 0.545. The molecular weight excluding hydrogens is 372 g/mol. The number of hydrazone groups is 1. The lowest BCUT2D eigenvalue weighted by Crippen LogP contribution is -2.34. The van der Waals surface area contributed by atoms with Crippen LogP contribution < -0.4 is 11.0 Å². The molecule has 144 valence electrons. The highest BCUT2D eigenvalue weighted by Crippen LogP contribution is 2.35. The molecule has 2 aromatic heterocycles. The maximum atomic E-state index is 13.1. The number of thiophene rings is 1. The summed E-state index contributed by atoms with van der Waals surface area (Å²) in [4.78, 5) is 32.1. The molecule has 0 aliphatic heterocycles. The van der Waals surface area contributed by atoms with E-state index in [1.807, 2.05) is 30.3 Å². The molecule has 1 aliphatic rings. The van der Waals surface area contributed by atoms with E-state index >= 15 is 0 Å². The van der Waals surface area contributed by atoms with Crippen LogP contribution in [-0.2, 0) is 17.6 Å². The molecule has 0 spiro atoms. The van der Waals surface area contributed by atoms with Crippen molar-refractivity contribution >= 4 is 33.7 Å². The van der Waals surface area contributed by atoms with E-state index in [1.165, 1.54) is 15.8 Å². The molecule has 2 heterocycles. The molecular formula is C21H22N4O2S. The van der Waals surface area contributed by atoms with E-state index in [0.717, 1.165) is 35.2 Å². The molecule has 0 radical (unpaired) electrons. The first-order valence-electron chi connectivity index (χ1n) is 9.44. The van der Waals surface area contributed by atoms with Gasteiger partial charge in [0.2, 0.25) is 0 Å². The number of aryl methyl sites for hydroxylation is 1. The Kier molecular flexibility index (Phi) is 5.09. The van der Waals surface area contributed by atoms with Crippen molar-refractivity contribution < 1.29 is 4.79 Å². The first-order chi connectivity index (χ1) is 13.5. The zero-order valence-corrected chi connectivity index (χ0v) is 16.7. The van der Waals surface area contributed by atoms with Crippen LogP contribution in [0.15, 0.2) is 46.6 Å². The molecule has 0 fully saturated rings. The van der Waals surface area contributed by atoms with Gasteiger partial charge in [0, 0.05) is 4.88 Å². The second-order valence-corrected chi connectivity index (χ2v) is 8.39. The molecule has 0 saturated heterocycles. The summed E-state index contributed by atoms with van der Waals surface area (Å²) in [6.45, 7) is 3.92. The van der Waals surface area contributed by atoms with Gasteiger partial charge in [0.25, 0.3) is 11.5 Å². The van der Waals surface area contributed by atoms with Gasteiger partial charge in [-0.15, -0.1) is 11.3 Å². The van der Waals surface area contributed by atoms with Gasteiger partial charge in [0.1, 0.15) is 10.9 Å². The van der Waals surface area contributed by atoms with Crippen molar-refractivity contribution in [3.05, 3.63) is 63.0 Å². The number of rotatable bonds is 4. The predicted molar refractivity (Wildman–Crippen MR) is 112 cm³/mol. The van der Waals surface area contributed by atoms with Crippen molar-refractivity contribution in [1.82, 2.24) is 15.0 Å². The Morgan fingerprint density at radius 3 is 2.96 bits per heavy atom. The number of carbonyl (C=O) groups is 1. The smallest absolute Gasteiger partial charge is 0.263 e. The lowest BCUT2D eigenvalue weighted by Gasteiger charge is -2.18. The molecule has 0 saturated carbocycles. The van der Waals surface area contributed by atoms with Crippen molar-refractivity contribution in [3.63, 3.8) is 0 Å². The fraction of sp³-hybridized carbons (Fsp3) is 0.333. The van der Waals surface area contributed by atoms with Gasteiger partial charge in [-0.1, -0.05) is 37.3 Å². The van der Waals surface area contributed by atoms with E-state index in [1.54, 1.807) is 24.5 Å². The number of carbonyl (C=O) groups excluding carboxylic acids is 1. The standard InChI is InChI=1S/C21H22N4O2S/c1-13-8-9-16-17(10-13)28-20-18(16)21(27)25(12-22-20)14(2)19(26)24-23-11-15-6-4-3-5-7-15/h3-7,11-14H,8-10H2,1-2H3,(H,24,26)/b23-11-/t13-,14+/m1/s1. The van der Waals surface area contributed by atoms with E-state index in [-0.39, 0.29) is 11.5 Å². The zero-order chi connectivity index (χ0) is 19.7. The van der Waals surface area contributed by atoms with E-state index in [4.69, 9.17) is 0 Å². The normalized spacial score (nSPS) is 17.6. The number of aromatic nitrogens is 2. The Morgan fingerprint density at radius 1 is 1.39 bits per heavy atom. The van der Waals surface area contributed by atoms with Crippen LogP contribution in [0, 0.1) is 5.92 Å². The van der Waals surface area contributed by atoms with Gasteiger partial charge in [-0.2, -0.15) is 5.10 Å². The minimum atomic E-state index is -0.699. The van der Waals surface area contributed by atoms with Crippen LogP contribution in [-0.4, -0.2) is 21.7 Å². The third kappa shape index (κ3) is 3.49. The molecule has 1 amide bonds. The van der Waals surface area contributed by atoms with Crippen LogP contribution in [0.3, 0.4) is 0 Å². The molecule has 1 N–H and O–H groups in total. The van der Waals surface area contributed by atoms with E-state index in [2.05, 4.69) is 22.4 Å². The molecule has 28 heavy (non-hydrogen) atoms. The van der Waals surface area contributed by atoms with Crippen LogP contribution in [0.1, 0.15) is 42.3 Å². The van der Waals surface area contributed by atoms with Gasteiger partial charge in [0.15, 0.2) is 0 Å². The van der Waals surface area contributed by atoms with Crippen LogP contribution >= 0.6 is 11.3 Å². The lowest BCUT2D eigenvalue weighted by atomic mass is 9.89. The summed E-state index contributed by atoms with van der Waals surface area (Å²) in [5.74, 6) is 0.281. The lowest BCUT2D eigenvalue weighted by molar-refractivity contribution is -0.123. The second kappa shape index (κ2) is 7.67. The third-order valence-corrected chi connectivity index (χ3v) is 6.39.